The highest BCUT2D eigenvalue weighted by molar-refractivity contribution is 7.80. The van der Waals surface area contributed by atoms with Gasteiger partial charge in [0.15, 0.2) is 11.4 Å². The number of pyridine rings is 1. The summed E-state index contributed by atoms with van der Waals surface area (Å²) < 4.78 is 0.940. The number of nitrogens with zero attached hydrogens (tertiary/aromatic N) is 10. The minimum Gasteiger partial charge on any atom is -0.383 e. The van der Waals surface area contributed by atoms with Crippen molar-refractivity contribution in [2.75, 3.05) is 59.0 Å². The minimum atomic E-state index is -2.36. The molecule has 23 nitrogen and oxygen atoms in total. The van der Waals surface area contributed by atoms with E-state index in [1.165, 1.54) is 14.7 Å². The summed E-state index contributed by atoms with van der Waals surface area (Å²) in [6.07, 6.45) is -0.0882. The number of anilines is 3. The second kappa shape index (κ2) is 18.7. The van der Waals surface area contributed by atoms with Crippen LogP contribution in [0.15, 0.2) is 15.9 Å². The highest BCUT2D eigenvalue weighted by Gasteiger charge is 2.68. The van der Waals surface area contributed by atoms with E-state index in [2.05, 4.69) is 5.32 Å². The molecule has 82 heavy (non-hydrogen) atoms. The fourth-order valence-electron chi connectivity index (χ4n) is 16.3. The highest BCUT2D eigenvalue weighted by atomic mass is 32.1. The number of piperidine rings is 1. The van der Waals surface area contributed by atoms with Crippen LogP contribution in [0.4, 0.5) is 17.2 Å². The van der Waals surface area contributed by atoms with Gasteiger partial charge in [0.05, 0.1) is 33.1 Å². The Morgan fingerprint density at radius 3 is 1.83 bits per heavy atom. The molecule has 11 rings (SSSR count). The lowest BCUT2D eigenvalue weighted by atomic mass is 9.79. The third-order valence-electron chi connectivity index (χ3n) is 20.2. The largest absolute Gasteiger partial charge is 0.383 e. The van der Waals surface area contributed by atoms with Crippen molar-refractivity contribution in [3.05, 3.63) is 27.1 Å². The fraction of sp³-hybridized carbons (Fsp3) is 0.690. The summed E-state index contributed by atoms with van der Waals surface area (Å²) in [6.45, 7) is 20.9. The van der Waals surface area contributed by atoms with E-state index in [1.54, 1.807) is 72.1 Å². The summed E-state index contributed by atoms with van der Waals surface area (Å²) in [5.74, 6) is -6.81. The molecule has 24 heteroatoms. The summed E-state index contributed by atoms with van der Waals surface area (Å²) in [7, 11) is 0. The standard InChI is InChI=1S/C58H77N11O12S/c1-13-34-30(2)28-64(43(34)72)55(10)24-31(3)66(50(55)79)56(11)25-32(4)67(51(56)80)57(12)26-33(5)68(52(57)81)69-42(62-29-54(8,9)48(62)77)41(65-37(71)27-53(6,7)49(65)78)40(61-22-17-35(44(61)73)60-21-14-16-38(60)82)39(46(69)75)58(19-15-20-59-47(58)76)63-23-18-36(70)45(63)74/h31-33,35-36,70H,13-29H2,1-12H3,(H,59,76)/t31?,32?,33-,35?,36?,55?,56?,57?,58?/m1/s1. The van der Waals surface area contributed by atoms with Crippen LogP contribution in [-0.2, 0) is 53.5 Å². The fourth-order valence-corrected chi connectivity index (χ4v) is 16.6. The maximum atomic E-state index is 17.1. The van der Waals surface area contributed by atoms with Crippen LogP contribution in [0, 0.1) is 10.8 Å². The van der Waals surface area contributed by atoms with E-state index in [1.807, 2.05) is 25.7 Å². The average Bonchev–Trinajstić information content (AvgIpc) is 1.28. The number of β-lactam (4-membered cyclic amide) rings is 1. The molecule has 2 N–H and O–H groups in total. The Hall–Kier alpha value is -6.56. The normalized spacial score (nSPS) is 35.1. The smallest absolute Gasteiger partial charge is 0.279 e. The number of amides is 10. The van der Waals surface area contributed by atoms with Crippen LogP contribution < -0.4 is 30.6 Å². The van der Waals surface area contributed by atoms with Crippen molar-refractivity contribution < 1.29 is 53.1 Å². The third kappa shape index (κ3) is 7.52. The second-order valence-corrected chi connectivity index (χ2v) is 27.3. The maximum absolute atomic E-state index is 17.1. The van der Waals surface area contributed by atoms with Crippen molar-refractivity contribution in [2.45, 2.75) is 206 Å². The molecule has 0 bridgehead atoms. The molecule has 0 aliphatic carbocycles. The molecule has 11 heterocycles. The molecular formula is C58H77N11O12S. The van der Waals surface area contributed by atoms with Crippen LogP contribution in [0.2, 0.25) is 0 Å². The van der Waals surface area contributed by atoms with Gasteiger partial charge in [0.25, 0.3) is 29.2 Å². The molecular weight excluding hydrogens is 1070 g/mol. The van der Waals surface area contributed by atoms with E-state index >= 15 is 38.4 Å². The summed E-state index contributed by atoms with van der Waals surface area (Å²) >= 11 is 5.76. The molecule has 1 aromatic rings. The van der Waals surface area contributed by atoms with Crippen LogP contribution in [0.3, 0.4) is 0 Å². The Bertz CT molecular complexity index is 3260. The Morgan fingerprint density at radius 2 is 1.29 bits per heavy atom. The lowest BCUT2D eigenvalue weighted by Crippen LogP contribution is -2.66. The van der Waals surface area contributed by atoms with Crippen molar-refractivity contribution >= 4 is 93.5 Å². The van der Waals surface area contributed by atoms with Gasteiger partial charge in [0, 0.05) is 69.8 Å². The van der Waals surface area contributed by atoms with Crippen molar-refractivity contribution in [3.63, 3.8) is 0 Å². The molecule has 442 valence electrons. The van der Waals surface area contributed by atoms with Crippen LogP contribution in [-0.4, -0.2) is 184 Å². The number of aromatic nitrogens is 1. The van der Waals surface area contributed by atoms with Crippen molar-refractivity contribution in [1.82, 2.24) is 34.5 Å². The first-order chi connectivity index (χ1) is 38.3. The summed E-state index contributed by atoms with van der Waals surface area (Å²) in [6, 6.07) is -3.15. The molecule has 10 amide bonds. The van der Waals surface area contributed by atoms with Gasteiger partial charge in [-0.25, -0.2) is 9.91 Å². The maximum Gasteiger partial charge on any atom is 0.279 e. The SMILES string of the molecule is CCC1=C(C)CN(C2(C)CC(C)N(C3(C)CC(C)N(C4(C)C[C@@H](C)N(n5c(N6CC(C)(C)C6=O)c(N6C(=O)CC(C)(C)C6=O)c(N6CCC(N7CCCC7=S)C6=O)c(C6(N7CCC(O)C7=O)CCCNC6=O)c5=O)C4=O)C3=O)C2=O)C1=O. The number of likely N-dealkylation sites (tertiary alicyclic amines) is 4. The van der Waals surface area contributed by atoms with Gasteiger partial charge >= 0.3 is 0 Å². The van der Waals surface area contributed by atoms with Crippen LogP contribution in [0.1, 0.15) is 159 Å². The number of hydrogen-bond donors (Lipinski definition) is 2. The molecule has 9 fully saturated rings. The summed E-state index contributed by atoms with van der Waals surface area (Å²) in [4.78, 5) is 180. The highest BCUT2D eigenvalue weighted by Crippen LogP contribution is 2.55. The molecule has 0 spiro atoms. The van der Waals surface area contributed by atoms with Gasteiger partial charge in [-0.15, -0.1) is 0 Å². The van der Waals surface area contributed by atoms with E-state index in [-0.39, 0.29) is 95.7 Å². The van der Waals surface area contributed by atoms with Gasteiger partial charge in [0.1, 0.15) is 34.4 Å². The molecule has 9 saturated heterocycles. The molecule has 0 saturated carbocycles. The van der Waals surface area contributed by atoms with Crippen LogP contribution in [0.5, 0.6) is 0 Å². The predicted octanol–water partition coefficient (Wildman–Crippen LogP) is 2.08. The number of carbonyl (C=O) groups is 10. The number of carbonyl (C=O) groups excluding carboxylic acids is 10. The van der Waals surface area contributed by atoms with E-state index in [9.17, 15) is 19.5 Å². The quantitative estimate of drug-likeness (QED) is 0.183. The first-order valence-electron chi connectivity index (χ1n) is 29.2. The number of thiocarbonyl (C=S) groups is 1. The Morgan fingerprint density at radius 1 is 0.671 bits per heavy atom. The summed E-state index contributed by atoms with van der Waals surface area (Å²) in [5.41, 5.74) is -10.3. The van der Waals surface area contributed by atoms with E-state index in [4.69, 9.17) is 12.2 Å². The predicted molar refractivity (Wildman–Crippen MR) is 302 cm³/mol. The Labute approximate surface area is 482 Å². The van der Waals surface area contributed by atoms with Crippen LogP contribution in [0.25, 0.3) is 0 Å². The number of aliphatic hydroxyl groups excluding tert-OH is 1. The number of aliphatic hydroxyl groups is 1. The first-order valence-corrected chi connectivity index (χ1v) is 29.6. The zero-order valence-electron chi connectivity index (χ0n) is 49.2. The topological polar surface area (TPSA) is 254 Å². The molecule has 0 radical (unpaired) electrons. The van der Waals surface area contributed by atoms with Gasteiger partial charge < -0.3 is 39.8 Å². The van der Waals surface area contributed by atoms with Gasteiger partial charge in [-0.3, -0.25) is 57.6 Å². The first kappa shape index (κ1) is 57.3. The molecule has 1 aromatic heterocycles. The molecule has 10 aliphatic rings. The van der Waals surface area contributed by atoms with E-state index < -0.39 is 139 Å². The molecule has 8 unspecified atom stereocenters. The third-order valence-corrected chi connectivity index (χ3v) is 20.6. The number of nitrogens with one attached hydrogen (secondary N) is 1. The van der Waals surface area contributed by atoms with Crippen molar-refractivity contribution in [3.8, 4) is 0 Å². The van der Waals surface area contributed by atoms with Gasteiger partial charge in [-0.1, -0.05) is 33.0 Å². The van der Waals surface area contributed by atoms with Crippen molar-refractivity contribution in [1.29, 1.82) is 0 Å². The van der Waals surface area contributed by atoms with Crippen LogP contribution >= 0.6 is 12.2 Å². The zero-order chi connectivity index (χ0) is 59.8. The minimum absolute atomic E-state index is 0.0849. The Kier molecular flexibility index (Phi) is 13.1. The lowest BCUT2D eigenvalue weighted by molar-refractivity contribution is -0.156. The van der Waals surface area contributed by atoms with Crippen molar-refractivity contribution in [2.24, 2.45) is 10.8 Å². The van der Waals surface area contributed by atoms with E-state index in [0.29, 0.717) is 36.4 Å². The monoisotopic (exact) mass is 1150 g/mol. The summed E-state index contributed by atoms with van der Waals surface area (Å²) in [5, 5.41) is 15.2. The second-order valence-electron chi connectivity index (χ2n) is 26.9. The van der Waals surface area contributed by atoms with E-state index in [0.717, 1.165) is 25.1 Å². The average molecular weight is 1150 g/mol. The van der Waals surface area contributed by atoms with Gasteiger partial charge in [-0.2, -0.15) is 4.68 Å². The zero-order valence-corrected chi connectivity index (χ0v) is 50.0. The molecule has 10 aliphatic heterocycles. The van der Waals surface area contributed by atoms with Gasteiger partial charge in [0.2, 0.25) is 35.4 Å². The molecule has 0 aromatic carbocycles. The number of imide groups is 1. The Balaban J connectivity index is 1.14. The number of rotatable bonds is 11. The number of hydrogen-bond acceptors (Lipinski definition) is 13. The molecule has 9 atom stereocenters. The van der Waals surface area contributed by atoms with Gasteiger partial charge in [-0.05, 0) is 126 Å². The lowest BCUT2D eigenvalue weighted by Gasteiger charge is -2.49.